The van der Waals surface area contributed by atoms with Crippen LogP contribution in [0.4, 0.5) is 5.69 Å². The molecule has 0 aliphatic rings. The molecular formula is C25H28N2O6S. The predicted octanol–water partition coefficient (Wildman–Crippen LogP) is 3.61. The van der Waals surface area contributed by atoms with E-state index >= 15 is 0 Å². The normalized spacial score (nSPS) is 10.9. The van der Waals surface area contributed by atoms with Crippen LogP contribution < -0.4 is 23.8 Å². The molecule has 1 amide bonds. The zero-order chi connectivity index (χ0) is 24.6. The van der Waals surface area contributed by atoms with E-state index in [0.717, 1.165) is 15.6 Å². The Morgan fingerprint density at radius 1 is 0.912 bits per heavy atom. The molecular weight excluding hydrogens is 456 g/mol. The summed E-state index contributed by atoms with van der Waals surface area (Å²) in [7, 11) is -1.17. The van der Waals surface area contributed by atoms with Crippen molar-refractivity contribution in [3.8, 4) is 17.2 Å². The summed E-state index contributed by atoms with van der Waals surface area (Å²) in [6, 6.07) is 20.0. The summed E-state index contributed by atoms with van der Waals surface area (Å²) in [4.78, 5) is 12.9. The molecule has 0 atom stereocenters. The Bertz CT molecular complexity index is 1200. The first-order chi connectivity index (χ1) is 16.4. The van der Waals surface area contributed by atoms with E-state index < -0.39 is 22.5 Å². The zero-order valence-corrected chi connectivity index (χ0v) is 20.2. The second-order valence-corrected chi connectivity index (χ2v) is 9.08. The van der Waals surface area contributed by atoms with Gasteiger partial charge < -0.3 is 19.5 Å². The number of nitrogens with one attached hydrogen (secondary N) is 1. The number of anilines is 1. The fourth-order valence-electron chi connectivity index (χ4n) is 3.27. The van der Waals surface area contributed by atoms with Crippen molar-refractivity contribution in [2.45, 2.75) is 18.4 Å². The molecule has 0 saturated heterocycles. The van der Waals surface area contributed by atoms with E-state index in [-0.39, 0.29) is 17.1 Å². The largest absolute Gasteiger partial charge is 0.497 e. The standard InChI is InChI=1S/C25H28N2O6S/c1-4-33-20-12-10-19(11-13-20)17-26-25(28)18-27(34(29,30)22-8-6-5-7-9-22)23-16-21(31-2)14-15-24(23)32-3/h5-16H,4,17-18H2,1-3H3,(H,26,28). The SMILES string of the molecule is CCOc1ccc(CNC(=O)CN(c2cc(OC)ccc2OC)S(=O)(=O)c2ccccc2)cc1. The average Bonchev–Trinajstić information content (AvgIpc) is 2.87. The van der Waals surface area contributed by atoms with Crippen molar-refractivity contribution in [1.82, 2.24) is 5.32 Å². The van der Waals surface area contributed by atoms with Crippen LogP contribution in [0.25, 0.3) is 0 Å². The highest BCUT2D eigenvalue weighted by Crippen LogP contribution is 2.35. The topological polar surface area (TPSA) is 94.2 Å². The predicted molar refractivity (Wildman–Crippen MR) is 130 cm³/mol. The fraction of sp³-hybridized carbons (Fsp3) is 0.240. The van der Waals surface area contributed by atoms with E-state index in [9.17, 15) is 13.2 Å². The van der Waals surface area contributed by atoms with Gasteiger partial charge in [0.2, 0.25) is 5.91 Å². The van der Waals surface area contributed by atoms with Gasteiger partial charge in [0.1, 0.15) is 23.8 Å². The maximum Gasteiger partial charge on any atom is 0.264 e. The highest BCUT2D eigenvalue weighted by atomic mass is 32.2. The summed E-state index contributed by atoms with van der Waals surface area (Å²) in [6.07, 6.45) is 0. The third kappa shape index (κ3) is 5.99. The van der Waals surface area contributed by atoms with Crippen molar-refractivity contribution >= 4 is 21.6 Å². The number of rotatable bonds is 11. The van der Waals surface area contributed by atoms with Crippen LogP contribution >= 0.6 is 0 Å². The smallest absolute Gasteiger partial charge is 0.264 e. The van der Waals surface area contributed by atoms with Gasteiger partial charge in [-0.2, -0.15) is 0 Å². The van der Waals surface area contributed by atoms with Gasteiger partial charge in [0, 0.05) is 12.6 Å². The number of amides is 1. The lowest BCUT2D eigenvalue weighted by molar-refractivity contribution is -0.119. The molecule has 3 aromatic carbocycles. The van der Waals surface area contributed by atoms with E-state index in [1.165, 1.54) is 32.4 Å². The van der Waals surface area contributed by atoms with Crippen LogP contribution in [0.15, 0.2) is 77.7 Å². The van der Waals surface area contributed by atoms with Gasteiger partial charge in [-0.15, -0.1) is 0 Å². The van der Waals surface area contributed by atoms with E-state index in [1.807, 2.05) is 31.2 Å². The quantitative estimate of drug-likeness (QED) is 0.447. The molecule has 0 aromatic heterocycles. The molecule has 0 aliphatic carbocycles. The number of hydrogen-bond acceptors (Lipinski definition) is 6. The summed E-state index contributed by atoms with van der Waals surface area (Å²) >= 11 is 0. The number of benzene rings is 3. The number of ether oxygens (including phenoxy) is 3. The summed E-state index contributed by atoms with van der Waals surface area (Å²) in [6.45, 7) is 2.26. The van der Waals surface area contributed by atoms with Crippen molar-refractivity contribution in [2.75, 3.05) is 31.7 Å². The molecule has 9 heteroatoms. The maximum absolute atomic E-state index is 13.5. The number of carbonyl (C=O) groups excluding carboxylic acids is 1. The van der Waals surface area contributed by atoms with Gasteiger partial charge in [-0.05, 0) is 48.9 Å². The highest BCUT2D eigenvalue weighted by Gasteiger charge is 2.29. The van der Waals surface area contributed by atoms with Crippen molar-refractivity contribution in [1.29, 1.82) is 0 Å². The molecule has 1 N–H and O–H groups in total. The van der Waals surface area contributed by atoms with Crippen molar-refractivity contribution in [3.05, 3.63) is 78.4 Å². The Morgan fingerprint density at radius 2 is 1.59 bits per heavy atom. The fourth-order valence-corrected chi connectivity index (χ4v) is 4.71. The molecule has 0 unspecified atom stereocenters. The molecule has 0 heterocycles. The molecule has 3 aromatic rings. The van der Waals surface area contributed by atoms with Crippen molar-refractivity contribution in [3.63, 3.8) is 0 Å². The minimum Gasteiger partial charge on any atom is -0.497 e. The lowest BCUT2D eigenvalue weighted by atomic mass is 10.2. The monoisotopic (exact) mass is 484 g/mol. The first kappa shape index (κ1) is 24.9. The minimum absolute atomic E-state index is 0.0548. The van der Waals surface area contributed by atoms with Gasteiger partial charge in [-0.1, -0.05) is 30.3 Å². The molecule has 0 bridgehead atoms. The van der Waals surface area contributed by atoms with E-state index in [4.69, 9.17) is 14.2 Å². The molecule has 0 fully saturated rings. The Kier molecular flexibility index (Phi) is 8.37. The Labute approximate surface area is 200 Å². The molecule has 8 nitrogen and oxygen atoms in total. The summed E-state index contributed by atoms with van der Waals surface area (Å²) in [5.74, 6) is 0.986. The lowest BCUT2D eigenvalue weighted by Gasteiger charge is -2.26. The second-order valence-electron chi connectivity index (χ2n) is 7.22. The van der Waals surface area contributed by atoms with Crippen LogP contribution in [0.5, 0.6) is 17.2 Å². The minimum atomic E-state index is -4.08. The van der Waals surface area contributed by atoms with Crippen LogP contribution in [0.1, 0.15) is 12.5 Å². The number of hydrogen-bond donors (Lipinski definition) is 1. The third-order valence-electron chi connectivity index (χ3n) is 5.00. The van der Waals surface area contributed by atoms with Gasteiger partial charge in [-0.3, -0.25) is 9.10 Å². The maximum atomic E-state index is 13.5. The highest BCUT2D eigenvalue weighted by molar-refractivity contribution is 7.92. The van der Waals surface area contributed by atoms with E-state index in [0.29, 0.717) is 18.1 Å². The van der Waals surface area contributed by atoms with Gasteiger partial charge in [0.05, 0.1) is 31.4 Å². The average molecular weight is 485 g/mol. The molecule has 180 valence electrons. The van der Waals surface area contributed by atoms with Crippen LogP contribution in [-0.4, -0.2) is 41.7 Å². The molecule has 0 saturated carbocycles. The number of carbonyl (C=O) groups is 1. The first-order valence-electron chi connectivity index (χ1n) is 10.7. The van der Waals surface area contributed by atoms with E-state index in [2.05, 4.69) is 5.32 Å². The van der Waals surface area contributed by atoms with Crippen molar-refractivity contribution < 1.29 is 27.4 Å². The van der Waals surface area contributed by atoms with Crippen molar-refractivity contribution in [2.24, 2.45) is 0 Å². The van der Waals surface area contributed by atoms with Crippen LogP contribution in [0.2, 0.25) is 0 Å². The zero-order valence-electron chi connectivity index (χ0n) is 19.4. The van der Waals surface area contributed by atoms with Gasteiger partial charge in [0.25, 0.3) is 10.0 Å². The van der Waals surface area contributed by atoms with Gasteiger partial charge in [-0.25, -0.2) is 8.42 Å². The first-order valence-corrected chi connectivity index (χ1v) is 12.1. The van der Waals surface area contributed by atoms with Crippen LogP contribution in [0.3, 0.4) is 0 Å². The number of sulfonamides is 1. The van der Waals surface area contributed by atoms with Gasteiger partial charge >= 0.3 is 0 Å². The Morgan fingerprint density at radius 3 is 2.21 bits per heavy atom. The molecule has 0 spiro atoms. The summed E-state index contributed by atoms with van der Waals surface area (Å²) in [5, 5.41) is 2.78. The number of methoxy groups -OCH3 is 2. The second kappa shape index (κ2) is 11.4. The van der Waals surface area contributed by atoms with E-state index in [1.54, 1.807) is 30.3 Å². The third-order valence-corrected chi connectivity index (χ3v) is 6.77. The molecule has 3 rings (SSSR count). The van der Waals surface area contributed by atoms with Crippen LogP contribution in [-0.2, 0) is 21.4 Å². The number of nitrogens with zero attached hydrogens (tertiary/aromatic N) is 1. The Hall–Kier alpha value is -3.72. The molecule has 0 radical (unpaired) electrons. The molecule has 0 aliphatic heterocycles. The molecule has 34 heavy (non-hydrogen) atoms. The lowest BCUT2D eigenvalue weighted by Crippen LogP contribution is -2.40. The van der Waals surface area contributed by atoms with Crippen LogP contribution in [0, 0.1) is 0 Å². The van der Waals surface area contributed by atoms with Gasteiger partial charge in [0.15, 0.2) is 0 Å². The summed E-state index contributed by atoms with van der Waals surface area (Å²) in [5.41, 5.74) is 1.05. The summed E-state index contributed by atoms with van der Waals surface area (Å²) < 4.78 is 44.2. The Balaban J connectivity index is 1.88.